The van der Waals surface area contributed by atoms with Gasteiger partial charge >= 0.3 is 5.97 Å². The first-order valence-corrected chi connectivity index (χ1v) is 9.41. The number of aromatic nitrogens is 3. The number of amides is 1. The number of thiophene rings is 1. The van der Waals surface area contributed by atoms with Gasteiger partial charge in [-0.05, 0) is 36.7 Å². The number of H-pyrrole nitrogens is 1. The third-order valence-corrected chi connectivity index (χ3v) is 5.07. The lowest BCUT2D eigenvalue weighted by Crippen LogP contribution is -2.23. The van der Waals surface area contributed by atoms with Gasteiger partial charge in [-0.3, -0.25) is 14.5 Å². The van der Waals surface area contributed by atoms with E-state index in [-0.39, 0.29) is 18.9 Å². The summed E-state index contributed by atoms with van der Waals surface area (Å²) < 4.78 is 12.4. The molecule has 0 aliphatic rings. The van der Waals surface area contributed by atoms with Crippen LogP contribution in [0.15, 0.2) is 28.0 Å². The van der Waals surface area contributed by atoms with Gasteiger partial charge in [0, 0.05) is 13.0 Å². The zero-order valence-electron chi connectivity index (χ0n) is 14.8. The number of ether oxygens (including phenoxy) is 1. The third-order valence-electron chi connectivity index (χ3n) is 3.90. The van der Waals surface area contributed by atoms with Crippen molar-refractivity contribution in [3.05, 3.63) is 45.4 Å². The topological polar surface area (TPSA) is 102 Å². The number of hydrogen-bond donors (Lipinski definition) is 2. The van der Waals surface area contributed by atoms with Crippen molar-refractivity contribution in [2.24, 2.45) is 0 Å². The second-order valence-electron chi connectivity index (χ2n) is 5.68. The third kappa shape index (κ3) is 4.34. The average Bonchev–Trinajstić information content (AvgIpc) is 3.38. The van der Waals surface area contributed by atoms with E-state index < -0.39 is 5.97 Å². The molecule has 0 atom stereocenters. The van der Waals surface area contributed by atoms with Crippen LogP contribution in [0.5, 0.6) is 0 Å². The van der Waals surface area contributed by atoms with Gasteiger partial charge in [-0.1, -0.05) is 6.07 Å². The van der Waals surface area contributed by atoms with Crippen LogP contribution in [0, 0.1) is 11.7 Å². The summed E-state index contributed by atoms with van der Waals surface area (Å²) in [5.74, 6) is 1.03. The van der Waals surface area contributed by atoms with Crippen LogP contribution in [0.2, 0.25) is 0 Å². The number of aromatic amines is 1. The minimum atomic E-state index is -0.468. The van der Waals surface area contributed by atoms with E-state index in [4.69, 9.17) is 16.6 Å². The number of hydrogen-bond acceptors (Lipinski definition) is 7. The Morgan fingerprint density at radius 3 is 3.00 bits per heavy atom. The molecule has 8 nitrogen and oxygen atoms in total. The molecule has 3 rings (SSSR count). The molecular weight excluding hydrogens is 388 g/mol. The van der Waals surface area contributed by atoms with Crippen molar-refractivity contribution in [1.82, 2.24) is 20.1 Å². The lowest BCUT2D eigenvalue weighted by molar-refractivity contribution is -0.121. The second kappa shape index (κ2) is 8.31. The highest BCUT2D eigenvalue weighted by molar-refractivity contribution is 7.71. The Kier molecular flexibility index (Phi) is 5.87. The Balaban J connectivity index is 1.58. The quantitative estimate of drug-likeness (QED) is 0.462. The summed E-state index contributed by atoms with van der Waals surface area (Å²) in [6.45, 7) is 2.26. The van der Waals surface area contributed by atoms with Crippen LogP contribution in [0.1, 0.15) is 28.3 Å². The first kappa shape index (κ1) is 19.1. The van der Waals surface area contributed by atoms with E-state index in [1.54, 1.807) is 28.9 Å². The summed E-state index contributed by atoms with van der Waals surface area (Å²) in [7, 11) is 1.31. The van der Waals surface area contributed by atoms with Crippen LogP contribution < -0.4 is 5.32 Å². The number of furan rings is 1. The number of nitrogens with one attached hydrogen (secondary N) is 2. The predicted molar refractivity (Wildman–Crippen MR) is 102 cm³/mol. The summed E-state index contributed by atoms with van der Waals surface area (Å²) >= 11 is 6.80. The van der Waals surface area contributed by atoms with Crippen molar-refractivity contribution in [1.29, 1.82) is 0 Å². The molecule has 142 valence electrons. The molecule has 0 aliphatic carbocycles. The normalized spacial score (nSPS) is 10.7. The summed E-state index contributed by atoms with van der Waals surface area (Å²) in [6, 6.07) is 5.45. The van der Waals surface area contributed by atoms with Gasteiger partial charge in [-0.15, -0.1) is 11.3 Å². The smallest absolute Gasteiger partial charge is 0.341 e. The van der Waals surface area contributed by atoms with Gasteiger partial charge in [0.25, 0.3) is 0 Å². The molecule has 0 spiro atoms. The zero-order valence-corrected chi connectivity index (χ0v) is 16.4. The van der Waals surface area contributed by atoms with Crippen molar-refractivity contribution >= 4 is 35.4 Å². The lowest BCUT2D eigenvalue weighted by atomic mass is 10.2. The van der Waals surface area contributed by atoms with E-state index in [2.05, 4.69) is 20.3 Å². The van der Waals surface area contributed by atoms with Gasteiger partial charge < -0.3 is 14.5 Å². The van der Waals surface area contributed by atoms with Crippen LogP contribution in [0.4, 0.5) is 0 Å². The molecule has 0 aliphatic heterocycles. The van der Waals surface area contributed by atoms with E-state index in [9.17, 15) is 9.59 Å². The van der Waals surface area contributed by atoms with E-state index >= 15 is 0 Å². The van der Waals surface area contributed by atoms with Crippen molar-refractivity contribution < 1.29 is 18.7 Å². The second-order valence-corrected chi connectivity index (χ2v) is 7.02. The first-order valence-electron chi connectivity index (χ1n) is 8.13. The molecule has 0 fully saturated rings. The van der Waals surface area contributed by atoms with E-state index in [0.717, 1.165) is 4.88 Å². The van der Waals surface area contributed by atoms with Crippen LogP contribution in [0.25, 0.3) is 10.7 Å². The largest absolute Gasteiger partial charge is 0.465 e. The number of carbonyl (C=O) groups is 2. The fourth-order valence-electron chi connectivity index (χ4n) is 2.55. The molecule has 2 N–H and O–H groups in total. The SMILES string of the molecule is COC(=O)c1cc(CNC(=O)CCn2c(-c3cccs3)n[nH]c2=S)oc1C. The maximum atomic E-state index is 12.2. The molecule has 3 aromatic rings. The summed E-state index contributed by atoms with van der Waals surface area (Å²) in [4.78, 5) is 24.7. The number of nitrogens with zero attached hydrogens (tertiary/aromatic N) is 2. The Bertz CT molecular complexity index is 1000. The van der Waals surface area contributed by atoms with Crippen molar-refractivity contribution in [2.45, 2.75) is 26.4 Å². The summed E-state index contributed by atoms with van der Waals surface area (Å²) in [6.07, 6.45) is 0.232. The van der Waals surface area contributed by atoms with Gasteiger partial charge in [0.15, 0.2) is 10.6 Å². The molecule has 1 amide bonds. The number of rotatable bonds is 7. The van der Waals surface area contributed by atoms with Gasteiger partial charge in [0.05, 0.1) is 18.5 Å². The summed E-state index contributed by atoms with van der Waals surface area (Å²) in [5, 5.41) is 11.7. The molecule has 3 heterocycles. The van der Waals surface area contributed by atoms with Crippen LogP contribution in [0.3, 0.4) is 0 Å². The number of esters is 1. The standard InChI is InChI=1S/C17H18N4O4S2/c1-10-12(16(23)24-2)8-11(25-10)9-18-14(22)5-6-21-15(19-20-17(21)26)13-4-3-7-27-13/h3-4,7-8H,5-6,9H2,1-2H3,(H,18,22)(H,20,26). The van der Waals surface area contributed by atoms with Crippen LogP contribution in [-0.4, -0.2) is 33.8 Å². The Hall–Kier alpha value is -2.72. The van der Waals surface area contributed by atoms with Gasteiger partial charge in [-0.2, -0.15) is 5.10 Å². The zero-order chi connectivity index (χ0) is 19.4. The Labute approximate surface area is 164 Å². The number of carbonyl (C=O) groups excluding carboxylic acids is 2. The van der Waals surface area contributed by atoms with Crippen LogP contribution in [-0.2, 0) is 22.6 Å². The molecule has 0 aromatic carbocycles. The van der Waals surface area contributed by atoms with Crippen LogP contribution >= 0.6 is 23.6 Å². The maximum absolute atomic E-state index is 12.2. The van der Waals surface area contributed by atoms with Crippen molar-refractivity contribution in [3.63, 3.8) is 0 Å². The van der Waals surface area contributed by atoms with Crippen molar-refractivity contribution in [2.75, 3.05) is 7.11 Å². The van der Waals surface area contributed by atoms with Gasteiger partial charge in [-0.25, -0.2) is 4.79 Å². The minimum absolute atomic E-state index is 0.163. The fourth-order valence-corrected chi connectivity index (χ4v) is 3.50. The molecule has 27 heavy (non-hydrogen) atoms. The van der Waals surface area contributed by atoms with Crippen molar-refractivity contribution in [3.8, 4) is 10.7 Å². The molecule has 10 heteroatoms. The fraction of sp³-hybridized carbons (Fsp3) is 0.294. The Morgan fingerprint density at radius 1 is 1.48 bits per heavy atom. The molecule has 0 bridgehead atoms. The Morgan fingerprint density at radius 2 is 2.30 bits per heavy atom. The highest BCUT2D eigenvalue weighted by Crippen LogP contribution is 2.23. The highest BCUT2D eigenvalue weighted by Gasteiger charge is 2.16. The monoisotopic (exact) mass is 406 g/mol. The van der Waals surface area contributed by atoms with Gasteiger partial charge in [0.1, 0.15) is 17.1 Å². The lowest BCUT2D eigenvalue weighted by Gasteiger charge is -2.06. The number of aryl methyl sites for hydroxylation is 1. The van der Waals surface area contributed by atoms with E-state index in [1.165, 1.54) is 7.11 Å². The molecule has 0 unspecified atom stereocenters. The summed E-state index contributed by atoms with van der Waals surface area (Å²) in [5.41, 5.74) is 0.354. The minimum Gasteiger partial charge on any atom is -0.465 e. The molecular formula is C17H18N4O4S2. The predicted octanol–water partition coefficient (Wildman–Crippen LogP) is 3.06. The average molecular weight is 406 g/mol. The maximum Gasteiger partial charge on any atom is 0.341 e. The molecule has 0 radical (unpaired) electrons. The van der Waals surface area contributed by atoms with Gasteiger partial charge in [0.2, 0.25) is 5.91 Å². The first-order chi connectivity index (χ1) is 13.0. The van der Waals surface area contributed by atoms with E-state index in [1.807, 2.05) is 17.5 Å². The van der Waals surface area contributed by atoms with E-state index in [0.29, 0.717) is 34.2 Å². The molecule has 0 saturated carbocycles. The highest BCUT2D eigenvalue weighted by atomic mass is 32.1. The molecule has 3 aromatic heterocycles. The number of methoxy groups -OCH3 is 1. The molecule has 0 saturated heterocycles.